The van der Waals surface area contributed by atoms with Gasteiger partial charge in [-0.15, -0.1) is 0 Å². The van der Waals surface area contributed by atoms with Crippen molar-refractivity contribution >= 4 is 26.1 Å². The first-order chi connectivity index (χ1) is 7.38. The van der Waals surface area contributed by atoms with Gasteiger partial charge in [-0.2, -0.15) is 8.42 Å². The summed E-state index contributed by atoms with van der Waals surface area (Å²) in [6, 6.07) is 4.78. The standard InChI is InChI=1S/C9H12BrFN2O2S/c10-8-4-3-7(9(11)6-8)2-1-5-13-16(12,14)15/h3-4,6,13H,1-2,5H2,(H2,12,14,15). The Kier molecular flexibility index (Phi) is 4.85. The van der Waals surface area contributed by atoms with Gasteiger partial charge in [0.2, 0.25) is 0 Å². The number of hydrogen-bond donors (Lipinski definition) is 2. The van der Waals surface area contributed by atoms with Crippen molar-refractivity contribution in [2.24, 2.45) is 5.14 Å². The Labute approximate surface area is 102 Å². The van der Waals surface area contributed by atoms with Crippen LogP contribution in [0.3, 0.4) is 0 Å². The zero-order valence-electron chi connectivity index (χ0n) is 8.41. The third kappa shape index (κ3) is 5.02. The molecule has 0 aliphatic heterocycles. The third-order valence-electron chi connectivity index (χ3n) is 1.94. The van der Waals surface area contributed by atoms with Crippen molar-refractivity contribution in [3.63, 3.8) is 0 Å². The van der Waals surface area contributed by atoms with Gasteiger partial charge in [-0.3, -0.25) is 0 Å². The Balaban J connectivity index is 2.43. The van der Waals surface area contributed by atoms with Crippen molar-refractivity contribution in [2.45, 2.75) is 12.8 Å². The molecule has 0 fully saturated rings. The highest BCUT2D eigenvalue weighted by molar-refractivity contribution is 9.10. The summed E-state index contributed by atoms with van der Waals surface area (Å²) in [7, 11) is -3.65. The van der Waals surface area contributed by atoms with Gasteiger partial charge in [-0.1, -0.05) is 22.0 Å². The molecule has 1 aromatic carbocycles. The normalized spacial score (nSPS) is 11.7. The van der Waals surface area contributed by atoms with E-state index in [-0.39, 0.29) is 12.4 Å². The molecule has 0 spiro atoms. The van der Waals surface area contributed by atoms with Crippen LogP contribution in [0.15, 0.2) is 22.7 Å². The van der Waals surface area contributed by atoms with Crippen molar-refractivity contribution in [1.29, 1.82) is 0 Å². The number of nitrogens with one attached hydrogen (secondary N) is 1. The summed E-state index contributed by atoms with van der Waals surface area (Å²) in [5, 5.41) is 4.75. The largest absolute Gasteiger partial charge is 0.274 e. The SMILES string of the molecule is NS(=O)(=O)NCCCc1ccc(Br)cc1F. The first kappa shape index (κ1) is 13.6. The van der Waals surface area contributed by atoms with Gasteiger partial charge in [0.05, 0.1) is 0 Å². The minimum absolute atomic E-state index is 0.203. The van der Waals surface area contributed by atoms with Gasteiger partial charge in [-0.25, -0.2) is 14.3 Å². The van der Waals surface area contributed by atoms with Crippen LogP contribution in [0.2, 0.25) is 0 Å². The quantitative estimate of drug-likeness (QED) is 0.805. The van der Waals surface area contributed by atoms with E-state index in [2.05, 4.69) is 20.7 Å². The lowest BCUT2D eigenvalue weighted by Gasteiger charge is -2.04. The summed E-state index contributed by atoms with van der Waals surface area (Å²) in [5.41, 5.74) is 0.555. The molecule has 0 bridgehead atoms. The number of aryl methyl sites for hydroxylation is 1. The lowest BCUT2D eigenvalue weighted by atomic mass is 10.1. The fraction of sp³-hybridized carbons (Fsp3) is 0.333. The molecule has 7 heteroatoms. The number of hydrogen-bond acceptors (Lipinski definition) is 2. The Hall–Kier alpha value is -0.500. The Morgan fingerprint density at radius 1 is 1.44 bits per heavy atom. The highest BCUT2D eigenvalue weighted by atomic mass is 79.9. The van der Waals surface area contributed by atoms with Crippen molar-refractivity contribution in [2.75, 3.05) is 6.54 Å². The monoisotopic (exact) mass is 310 g/mol. The molecule has 0 heterocycles. The summed E-state index contributed by atoms with van der Waals surface area (Å²) in [4.78, 5) is 0. The van der Waals surface area contributed by atoms with Gasteiger partial charge in [-0.05, 0) is 30.5 Å². The maximum Gasteiger partial charge on any atom is 0.274 e. The van der Waals surface area contributed by atoms with Crippen LogP contribution in [0.5, 0.6) is 0 Å². The molecule has 0 aromatic heterocycles. The highest BCUT2D eigenvalue weighted by Crippen LogP contribution is 2.16. The summed E-state index contributed by atoms with van der Waals surface area (Å²) in [6.45, 7) is 0.203. The zero-order chi connectivity index (χ0) is 12.2. The molecular weight excluding hydrogens is 299 g/mol. The van der Waals surface area contributed by atoms with Crippen LogP contribution < -0.4 is 9.86 Å². The van der Waals surface area contributed by atoms with E-state index in [4.69, 9.17) is 5.14 Å². The van der Waals surface area contributed by atoms with E-state index >= 15 is 0 Å². The van der Waals surface area contributed by atoms with Crippen LogP contribution in [0, 0.1) is 5.82 Å². The van der Waals surface area contributed by atoms with Crippen LogP contribution in [-0.2, 0) is 16.6 Å². The lowest BCUT2D eigenvalue weighted by Crippen LogP contribution is -2.31. The summed E-state index contributed by atoms with van der Waals surface area (Å²) < 4.78 is 37.2. The predicted molar refractivity (Wildman–Crippen MR) is 63.5 cm³/mol. The lowest BCUT2D eigenvalue weighted by molar-refractivity contribution is 0.577. The molecule has 0 saturated carbocycles. The van der Waals surface area contributed by atoms with E-state index < -0.39 is 10.2 Å². The summed E-state index contributed by atoms with van der Waals surface area (Å²) >= 11 is 3.16. The van der Waals surface area contributed by atoms with Crippen molar-refractivity contribution in [3.05, 3.63) is 34.1 Å². The van der Waals surface area contributed by atoms with Crippen LogP contribution in [0.25, 0.3) is 0 Å². The maximum atomic E-state index is 13.3. The number of rotatable bonds is 5. The van der Waals surface area contributed by atoms with Gasteiger partial charge in [0, 0.05) is 11.0 Å². The third-order valence-corrected chi connectivity index (χ3v) is 3.04. The van der Waals surface area contributed by atoms with Gasteiger partial charge >= 0.3 is 0 Å². The van der Waals surface area contributed by atoms with Crippen LogP contribution in [0.4, 0.5) is 4.39 Å². The second-order valence-electron chi connectivity index (χ2n) is 3.28. The van der Waals surface area contributed by atoms with Gasteiger partial charge in [0.1, 0.15) is 5.82 Å². The number of halogens is 2. The zero-order valence-corrected chi connectivity index (χ0v) is 10.8. The molecule has 1 rings (SSSR count). The van der Waals surface area contributed by atoms with Crippen LogP contribution in [-0.4, -0.2) is 15.0 Å². The molecule has 1 aromatic rings. The van der Waals surface area contributed by atoms with Crippen molar-refractivity contribution in [3.8, 4) is 0 Å². The fourth-order valence-corrected chi connectivity index (χ4v) is 1.98. The second-order valence-corrected chi connectivity index (χ2v) is 5.57. The average molecular weight is 311 g/mol. The summed E-state index contributed by atoms with van der Waals surface area (Å²) in [6.07, 6.45) is 0.955. The maximum absolute atomic E-state index is 13.3. The predicted octanol–water partition coefficient (Wildman–Crippen LogP) is 1.31. The van der Waals surface area contributed by atoms with Crippen molar-refractivity contribution in [1.82, 2.24) is 4.72 Å². The molecule has 0 aliphatic carbocycles. The average Bonchev–Trinajstić information content (AvgIpc) is 2.13. The Morgan fingerprint density at radius 2 is 2.12 bits per heavy atom. The molecule has 3 N–H and O–H groups in total. The Morgan fingerprint density at radius 3 is 2.69 bits per heavy atom. The minimum atomic E-state index is -3.65. The van der Waals surface area contributed by atoms with Crippen LogP contribution >= 0.6 is 15.9 Å². The van der Waals surface area contributed by atoms with Gasteiger partial charge in [0.25, 0.3) is 10.2 Å². The molecule has 4 nitrogen and oxygen atoms in total. The van der Waals surface area contributed by atoms with Gasteiger partial charge < -0.3 is 0 Å². The highest BCUT2D eigenvalue weighted by Gasteiger charge is 2.04. The first-order valence-corrected chi connectivity index (χ1v) is 6.94. The van der Waals surface area contributed by atoms with Gasteiger partial charge in [0.15, 0.2) is 0 Å². The van der Waals surface area contributed by atoms with E-state index in [1.807, 2.05) is 0 Å². The molecule has 0 atom stereocenters. The molecule has 0 aliphatic rings. The topological polar surface area (TPSA) is 72.2 Å². The number of benzene rings is 1. The molecule has 90 valence electrons. The molecule has 0 saturated heterocycles. The minimum Gasteiger partial charge on any atom is -0.216 e. The molecule has 16 heavy (non-hydrogen) atoms. The number of nitrogens with two attached hydrogens (primary N) is 1. The van der Waals surface area contributed by atoms with E-state index in [1.165, 1.54) is 6.07 Å². The first-order valence-electron chi connectivity index (χ1n) is 4.60. The Bertz CT molecular complexity index is 465. The molecule has 0 amide bonds. The molecule has 0 unspecified atom stereocenters. The van der Waals surface area contributed by atoms with Crippen molar-refractivity contribution < 1.29 is 12.8 Å². The second kappa shape index (κ2) is 5.72. The van der Waals surface area contributed by atoms with E-state index in [9.17, 15) is 12.8 Å². The van der Waals surface area contributed by atoms with E-state index in [0.717, 1.165) is 0 Å². The smallest absolute Gasteiger partial charge is 0.216 e. The summed E-state index contributed by atoms with van der Waals surface area (Å²) in [5.74, 6) is -0.301. The van der Waals surface area contributed by atoms with E-state index in [0.29, 0.717) is 22.9 Å². The molecular formula is C9H12BrFN2O2S. The van der Waals surface area contributed by atoms with E-state index in [1.54, 1.807) is 12.1 Å². The van der Waals surface area contributed by atoms with Crippen LogP contribution in [0.1, 0.15) is 12.0 Å². The fourth-order valence-electron chi connectivity index (χ4n) is 1.22. The molecule has 0 radical (unpaired) electrons.